The first-order valence-corrected chi connectivity index (χ1v) is 6.38. The van der Waals surface area contributed by atoms with Gasteiger partial charge in [-0.25, -0.2) is 4.79 Å². The molecule has 20 heavy (non-hydrogen) atoms. The van der Waals surface area contributed by atoms with Crippen molar-refractivity contribution in [2.75, 3.05) is 11.9 Å². The number of ether oxygens (including phenoxy) is 1. The second kappa shape index (κ2) is 6.56. The molecule has 0 saturated carbocycles. The SMILES string of the molecule is CCCOc1ccc(Nc2cnccc2C(=O)O)cc1. The van der Waals surface area contributed by atoms with Gasteiger partial charge in [0.25, 0.3) is 0 Å². The number of rotatable bonds is 6. The third-order valence-corrected chi connectivity index (χ3v) is 2.66. The second-order valence-electron chi connectivity index (χ2n) is 4.22. The molecule has 5 nitrogen and oxygen atoms in total. The summed E-state index contributed by atoms with van der Waals surface area (Å²) in [5, 5.41) is 12.1. The van der Waals surface area contributed by atoms with Gasteiger partial charge in [-0.05, 0) is 36.8 Å². The number of pyridine rings is 1. The van der Waals surface area contributed by atoms with E-state index in [4.69, 9.17) is 9.84 Å². The zero-order chi connectivity index (χ0) is 14.4. The van der Waals surface area contributed by atoms with Gasteiger partial charge in [-0.1, -0.05) is 6.92 Å². The van der Waals surface area contributed by atoms with E-state index in [9.17, 15) is 4.79 Å². The maximum absolute atomic E-state index is 11.1. The minimum Gasteiger partial charge on any atom is -0.494 e. The van der Waals surface area contributed by atoms with Crippen molar-refractivity contribution in [3.05, 3.63) is 48.3 Å². The first-order valence-electron chi connectivity index (χ1n) is 6.38. The van der Waals surface area contributed by atoms with Gasteiger partial charge in [0.2, 0.25) is 0 Å². The van der Waals surface area contributed by atoms with Gasteiger partial charge in [-0.3, -0.25) is 4.98 Å². The Kier molecular flexibility index (Phi) is 4.55. The molecule has 0 amide bonds. The van der Waals surface area contributed by atoms with Crippen LogP contribution in [0.4, 0.5) is 11.4 Å². The lowest BCUT2D eigenvalue weighted by Gasteiger charge is -2.10. The highest BCUT2D eigenvalue weighted by atomic mass is 16.5. The molecular formula is C15H16N2O3. The number of hydrogen-bond donors (Lipinski definition) is 2. The summed E-state index contributed by atoms with van der Waals surface area (Å²) in [6.45, 7) is 2.73. The number of aromatic carboxylic acids is 1. The molecule has 1 aromatic heterocycles. The van der Waals surface area contributed by atoms with Crippen LogP contribution in [0.2, 0.25) is 0 Å². The van der Waals surface area contributed by atoms with Crippen LogP contribution in [0.1, 0.15) is 23.7 Å². The van der Waals surface area contributed by atoms with Crippen molar-refractivity contribution in [2.45, 2.75) is 13.3 Å². The first-order chi connectivity index (χ1) is 9.70. The average Bonchev–Trinajstić information content (AvgIpc) is 2.47. The number of carbonyl (C=O) groups is 1. The van der Waals surface area contributed by atoms with Crippen molar-refractivity contribution in [3.8, 4) is 5.75 Å². The molecule has 1 heterocycles. The number of carboxylic acid groups (broad SMARTS) is 1. The lowest BCUT2D eigenvalue weighted by atomic mass is 10.2. The topological polar surface area (TPSA) is 71.5 Å². The van der Waals surface area contributed by atoms with E-state index in [0.717, 1.165) is 17.9 Å². The Hall–Kier alpha value is -2.56. The fourth-order valence-corrected chi connectivity index (χ4v) is 1.69. The Labute approximate surface area is 117 Å². The van der Waals surface area contributed by atoms with Crippen molar-refractivity contribution < 1.29 is 14.6 Å². The van der Waals surface area contributed by atoms with Gasteiger partial charge in [-0.15, -0.1) is 0 Å². The minimum atomic E-state index is -0.988. The predicted octanol–water partition coefficient (Wildman–Crippen LogP) is 3.31. The van der Waals surface area contributed by atoms with Crippen molar-refractivity contribution in [3.63, 3.8) is 0 Å². The van der Waals surface area contributed by atoms with Crippen LogP contribution in [0.3, 0.4) is 0 Å². The van der Waals surface area contributed by atoms with Gasteiger partial charge in [-0.2, -0.15) is 0 Å². The van der Waals surface area contributed by atoms with Gasteiger partial charge < -0.3 is 15.2 Å². The molecule has 0 atom stereocenters. The van der Waals surface area contributed by atoms with Crippen molar-refractivity contribution in [2.24, 2.45) is 0 Å². The fourth-order valence-electron chi connectivity index (χ4n) is 1.69. The highest BCUT2D eigenvalue weighted by Gasteiger charge is 2.09. The average molecular weight is 272 g/mol. The Bertz CT molecular complexity index is 582. The van der Waals surface area contributed by atoms with Gasteiger partial charge in [0.15, 0.2) is 0 Å². The number of anilines is 2. The summed E-state index contributed by atoms with van der Waals surface area (Å²) in [6, 6.07) is 8.82. The summed E-state index contributed by atoms with van der Waals surface area (Å²) in [5.41, 5.74) is 1.43. The number of hydrogen-bond acceptors (Lipinski definition) is 4. The number of nitrogens with zero attached hydrogens (tertiary/aromatic N) is 1. The van der Waals surface area contributed by atoms with Gasteiger partial charge in [0.05, 0.1) is 24.1 Å². The van der Waals surface area contributed by atoms with Crippen LogP contribution < -0.4 is 10.1 Å². The molecule has 0 aliphatic carbocycles. The van der Waals surface area contributed by atoms with Crippen LogP contribution >= 0.6 is 0 Å². The van der Waals surface area contributed by atoms with Gasteiger partial charge in [0, 0.05) is 11.9 Å². The first kappa shape index (κ1) is 13.9. The van der Waals surface area contributed by atoms with Crippen molar-refractivity contribution in [1.82, 2.24) is 4.98 Å². The molecule has 5 heteroatoms. The second-order valence-corrected chi connectivity index (χ2v) is 4.22. The Morgan fingerprint density at radius 1 is 1.30 bits per heavy atom. The van der Waals surface area contributed by atoms with Crippen LogP contribution in [-0.4, -0.2) is 22.7 Å². The monoisotopic (exact) mass is 272 g/mol. The number of nitrogens with one attached hydrogen (secondary N) is 1. The van der Waals surface area contributed by atoms with Gasteiger partial charge >= 0.3 is 5.97 Å². The summed E-state index contributed by atoms with van der Waals surface area (Å²) in [6.07, 6.45) is 3.90. The molecule has 104 valence electrons. The van der Waals surface area contributed by atoms with Crippen LogP contribution in [0, 0.1) is 0 Å². The van der Waals surface area contributed by atoms with Crippen LogP contribution in [-0.2, 0) is 0 Å². The largest absolute Gasteiger partial charge is 0.494 e. The Balaban J connectivity index is 2.12. The zero-order valence-electron chi connectivity index (χ0n) is 11.2. The Morgan fingerprint density at radius 2 is 2.05 bits per heavy atom. The van der Waals surface area contributed by atoms with Crippen molar-refractivity contribution in [1.29, 1.82) is 0 Å². The molecule has 0 unspecified atom stereocenters. The fraction of sp³-hybridized carbons (Fsp3) is 0.200. The molecule has 0 spiro atoms. The molecule has 0 fully saturated rings. The van der Waals surface area contributed by atoms with Crippen LogP contribution in [0.5, 0.6) is 5.75 Å². The van der Waals surface area contributed by atoms with E-state index in [2.05, 4.69) is 10.3 Å². The summed E-state index contributed by atoms with van der Waals surface area (Å²) in [5.74, 6) is -0.195. The van der Waals surface area contributed by atoms with E-state index in [1.54, 1.807) is 0 Å². The highest BCUT2D eigenvalue weighted by molar-refractivity contribution is 5.94. The third-order valence-electron chi connectivity index (χ3n) is 2.66. The van der Waals surface area contributed by atoms with E-state index < -0.39 is 5.97 Å². The number of carboxylic acids is 1. The lowest BCUT2D eigenvalue weighted by molar-refractivity contribution is 0.0698. The molecule has 2 N–H and O–H groups in total. The summed E-state index contributed by atoms with van der Waals surface area (Å²) < 4.78 is 5.49. The quantitative estimate of drug-likeness (QED) is 0.844. The Morgan fingerprint density at radius 3 is 2.70 bits per heavy atom. The summed E-state index contributed by atoms with van der Waals surface area (Å²) >= 11 is 0. The lowest BCUT2D eigenvalue weighted by Crippen LogP contribution is -2.03. The van der Waals surface area contributed by atoms with E-state index >= 15 is 0 Å². The smallest absolute Gasteiger partial charge is 0.337 e. The highest BCUT2D eigenvalue weighted by Crippen LogP contribution is 2.22. The van der Waals surface area contributed by atoms with Crippen LogP contribution in [0.25, 0.3) is 0 Å². The predicted molar refractivity (Wildman–Crippen MR) is 76.7 cm³/mol. The summed E-state index contributed by atoms with van der Waals surface area (Å²) in [7, 11) is 0. The zero-order valence-corrected chi connectivity index (χ0v) is 11.2. The normalized spacial score (nSPS) is 10.1. The van der Waals surface area contributed by atoms with E-state index in [1.165, 1.54) is 18.5 Å². The molecule has 0 aliphatic rings. The summed E-state index contributed by atoms with van der Waals surface area (Å²) in [4.78, 5) is 15.0. The maximum Gasteiger partial charge on any atom is 0.337 e. The minimum absolute atomic E-state index is 0.186. The molecule has 0 aliphatic heterocycles. The number of aromatic nitrogens is 1. The molecular weight excluding hydrogens is 256 g/mol. The number of benzene rings is 1. The van der Waals surface area contributed by atoms with E-state index in [-0.39, 0.29) is 5.56 Å². The van der Waals surface area contributed by atoms with Crippen LogP contribution in [0.15, 0.2) is 42.7 Å². The molecule has 0 saturated heterocycles. The molecule has 2 rings (SSSR count). The van der Waals surface area contributed by atoms with E-state index in [0.29, 0.717) is 12.3 Å². The molecule has 0 bridgehead atoms. The molecule has 1 aromatic carbocycles. The molecule has 0 radical (unpaired) electrons. The maximum atomic E-state index is 11.1. The standard InChI is InChI=1S/C15H16N2O3/c1-2-9-20-12-5-3-11(4-6-12)17-14-10-16-8-7-13(14)15(18)19/h3-8,10,17H,2,9H2,1H3,(H,18,19). The van der Waals surface area contributed by atoms with Crippen molar-refractivity contribution >= 4 is 17.3 Å². The molecule has 2 aromatic rings. The van der Waals surface area contributed by atoms with Gasteiger partial charge in [0.1, 0.15) is 5.75 Å². The van der Waals surface area contributed by atoms with E-state index in [1.807, 2.05) is 31.2 Å². The third kappa shape index (κ3) is 3.47.